The van der Waals surface area contributed by atoms with Crippen LogP contribution in [0.25, 0.3) is 0 Å². The molecular formula is C24H30N4O. The zero-order chi connectivity index (χ0) is 20.5. The highest BCUT2D eigenvalue weighted by molar-refractivity contribution is 5.94. The molecule has 2 aromatic rings. The maximum absolute atomic E-state index is 13.0. The van der Waals surface area contributed by atoms with Gasteiger partial charge < -0.3 is 14.7 Å². The molecule has 2 aliphatic rings. The van der Waals surface area contributed by atoms with Crippen molar-refractivity contribution in [3.63, 3.8) is 0 Å². The average molecular weight is 391 g/mol. The van der Waals surface area contributed by atoms with Crippen molar-refractivity contribution < 1.29 is 4.79 Å². The lowest BCUT2D eigenvalue weighted by Crippen LogP contribution is -2.49. The third-order valence-electron chi connectivity index (χ3n) is 5.94. The molecule has 5 heteroatoms. The quantitative estimate of drug-likeness (QED) is 0.794. The van der Waals surface area contributed by atoms with Crippen molar-refractivity contribution in [1.82, 2.24) is 9.88 Å². The zero-order valence-electron chi connectivity index (χ0n) is 17.7. The Morgan fingerprint density at radius 2 is 1.79 bits per heavy atom. The van der Waals surface area contributed by atoms with E-state index in [1.54, 1.807) is 0 Å². The monoisotopic (exact) mass is 390 g/mol. The van der Waals surface area contributed by atoms with Crippen LogP contribution in [0.1, 0.15) is 34.8 Å². The second kappa shape index (κ2) is 7.90. The van der Waals surface area contributed by atoms with E-state index in [0.717, 1.165) is 61.9 Å². The van der Waals surface area contributed by atoms with Crippen LogP contribution in [-0.2, 0) is 0 Å². The van der Waals surface area contributed by atoms with E-state index in [4.69, 9.17) is 0 Å². The maximum Gasteiger partial charge on any atom is 0.253 e. The zero-order valence-corrected chi connectivity index (χ0v) is 17.7. The highest BCUT2D eigenvalue weighted by Gasteiger charge is 2.25. The van der Waals surface area contributed by atoms with Crippen molar-refractivity contribution in [2.24, 2.45) is 5.92 Å². The van der Waals surface area contributed by atoms with Crippen molar-refractivity contribution >= 4 is 17.4 Å². The molecule has 5 nitrogen and oxygen atoms in total. The number of amides is 1. The molecule has 0 bridgehead atoms. The molecule has 2 saturated heterocycles. The Morgan fingerprint density at radius 3 is 2.38 bits per heavy atom. The number of hydrogen-bond donors (Lipinski definition) is 0. The number of piperazine rings is 1. The summed E-state index contributed by atoms with van der Waals surface area (Å²) in [6, 6.07) is 10.2. The summed E-state index contributed by atoms with van der Waals surface area (Å²) < 4.78 is 0. The fourth-order valence-electron chi connectivity index (χ4n) is 4.43. The first-order valence-corrected chi connectivity index (χ1v) is 10.4. The number of carbonyl (C=O) groups is 1. The summed E-state index contributed by atoms with van der Waals surface area (Å²) in [5.74, 6) is 1.78. The smallest absolute Gasteiger partial charge is 0.253 e. The van der Waals surface area contributed by atoms with Gasteiger partial charge in [0.25, 0.3) is 5.91 Å². The van der Waals surface area contributed by atoms with Gasteiger partial charge in [0.05, 0.1) is 0 Å². The van der Waals surface area contributed by atoms with Crippen molar-refractivity contribution in [3.05, 3.63) is 65.5 Å². The Kier molecular flexibility index (Phi) is 5.31. The highest BCUT2D eigenvalue weighted by Crippen LogP contribution is 2.30. The standard InChI is InChI=1S/C24H30N4O/c1-17-13-19(3)23(25-15-17)26-9-11-27(12-10-26)24(29)21-5-7-22(8-6-21)28-16-18(2)14-20(28)4/h5-8,13,15,18H,4,9-12,14,16H2,1-3H3. The van der Waals surface area contributed by atoms with Crippen molar-refractivity contribution in [3.8, 4) is 0 Å². The molecule has 0 radical (unpaired) electrons. The van der Waals surface area contributed by atoms with Crippen LogP contribution in [0, 0.1) is 19.8 Å². The van der Waals surface area contributed by atoms with E-state index in [0.29, 0.717) is 5.92 Å². The van der Waals surface area contributed by atoms with E-state index >= 15 is 0 Å². The summed E-state index contributed by atoms with van der Waals surface area (Å²) in [5, 5.41) is 0. The van der Waals surface area contributed by atoms with Gasteiger partial charge in [-0.2, -0.15) is 0 Å². The van der Waals surface area contributed by atoms with Gasteiger partial charge in [0.2, 0.25) is 0 Å². The molecule has 0 N–H and O–H groups in total. The van der Waals surface area contributed by atoms with Crippen LogP contribution in [0.2, 0.25) is 0 Å². The fourth-order valence-corrected chi connectivity index (χ4v) is 4.43. The fraction of sp³-hybridized carbons (Fsp3) is 0.417. The summed E-state index contributed by atoms with van der Waals surface area (Å²) in [6.07, 6.45) is 2.96. The third kappa shape index (κ3) is 4.00. The normalized spacial score (nSPS) is 19.8. The van der Waals surface area contributed by atoms with Gasteiger partial charge in [0.1, 0.15) is 5.82 Å². The Balaban J connectivity index is 1.39. The summed E-state index contributed by atoms with van der Waals surface area (Å²) in [7, 11) is 0. The molecule has 1 amide bonds. The predicted octanol–water partition coefficient (Wildman–Crippen LogP) is 4.02. The molecule has 3 heterocycles. The van der Waals surface area contributed by atoms with Gasteiger partial charge in [-0.05, 0) is 61.6 Å². The summed E-state index contributed by atoms with van der Waals surface area (Å²) in [4.78, 5) is 24.1. The van der Waals surface area contributed by atoms with Crippen LogP contribution in [0.15, 0.2) is 48.8 Å². The molecule has 0 spiro atoms. The molecule has 1 atom stereocenters. The number of pyridine rings is 1. The minimum atomic E-state index is 0.110. The lowest BCUT2D eigenvalue weighted by atomic mass is 10.1. The van der Waals surface area contributed by atoms with Gasteiger partial charge in [-0.1, -0.05) is 19.6 Å². The topological polar surface area (TPSA) is 39.7 Å². The third-order valence-corrected chi connectivity index (χ3v) is 5.94. The first kappa shape index (κ1) is 19.5. The lowest BCUT2D eigenvalue weighted by molar-refractivity contribution is 0.0746. The van der Waals surface area contributed by atoms with Crippen molar-refractivity contribution in [1.29, 1.82) is 0 Å². The second-order valence-corrected chi connectivity index (χ2v) is 8.47. The molecule has 0 saturated carbocycles. The number of carbonyl (C=O) groups excluding carboxylic acids is 1. The Morgan fingerprint density at radius 1 is 1.10 bits per heavy atom. The van der Waals surface area contributed by atoms with Crippen LogP contribution in [0.3, 0.4) is 0 Å². The van der Waals surface area contributed by atoms with E-state index in [9.17, 15) is 4.79 Å². The molecular weight excluding hydrogens is 360 g/mol. The summed E-state index contributed by atoms with van der Waals surface area (Å²) in [5.41, 5.74) is 5.41. The van der Waals surface area contributed by atoms with E-state index in [-0.39, 0.29) is 5.91 Å². The number of aryl methyl sites for hydroxylation is 2. The van der Waals surface area contributed by atoms with Crippen LogP contribution in [-0.4, -0.2) is 48.5 Å². The molecule has 0 aliphatic carbocycles. The summed E-state index contributed by atoms with van der Waals surface area (Å²) >= 11 is 0. The van der Waals surface area contributed by atoms with Crippen molar-refractivity contribution in [2.75, 3.05) is 42.5 Å². The van der Waals surface area contributed by atoms with Crippen molar-refractivity contribution in [2.45, 2.75) is 27.2 Å². The number of rotatable bonds is 3. The average Bonchev–Trinajstić information content (AvgIpc) is 3.06. The molecule has 2 fully saturated rings. The van der Waals surface area contributed by atoms with E-state index in [1.807, 2.05) is 35.4 Å². The maximum atomic E-state index is 13.0. The molecule has 1 aromatic carbocycles. The predicted molar refractivity (Wildman–Crippen MR) is 119 cm³/mol. The number of nitrogens with zero attached hydrogens (tertiary/aromatic N) is 4. The Bertz CT molecular complexity index is 913. The molecule has 1 aromatic heterocycles. The number of anilines is 2. The van der Waals surface area contributed by atoms with Crippen LogP contribution >= 0.6 is 0 Å². The van der Waals surface area contributed by atoms with Crippen LogP contribution in [0.5, 0.6) is 0 Å². The highest BCUT2D eigenvalue weighted by atomic mass is 16.2. The lowest BCUT2D eigenvalue weighted by Gasteiger charge is -2.36. The van der Waals surface area contributed by atoms with E-state index in [2.05, 4.69) is 48.2 Å². The Labute approximate surface area is 173 Å². The number of allylic oxidation sites excluding steroid dienone is 1. The number of hydrogen-bond acceptors (Lipinski definition) is 4. The molecule has 1 unspecified atom stereocenters. The second-order valence-electron chi connectivity index (χ2n) is 8.47. The SMILES string of the molecule is C=C1CC(C)CN1c1ccc(C(=O)N2CCN(c3ncc(C)cc3C)CC2)cc1. The van der Waals surface area contributed by atoms with Crippen LogP contribution in [0.4, 0.5) is 11.5 Å². The van der Waals surface area contributed by atoms with Gasteiger partial charge in [0.15, 0.2) is 0 Å². The summed E-state index contributed by atoms with van der Waals surface area (Å²) in [6.45, 7) is 14.6. The molecule has 4 rings (SSSR count). The Hall–Kier alpha value is -2.82. The minimum absolute atomic E-state index is 0.110. The number of aromatic nitrogens is 1. The first-order chi connectivity index (χ1) is 13.9. The largest absolute Gasteiger partial charge is 0.353 e. The van der Waals surface area contributed by atoms with Crippen LogP contribution < -0.4 is 9.80 Å². The van der Waals surface area contributed by atoms with E-state index < -0.39 is 0 Å². The van der Waals surface area contributed by atoms with Gasteiger partial charge in [-0.15, -0.1) is 0 Å². The first-order valence-electron chi connectivity index (χ1n) is 10.4. The molecule has 2 aliphatic heterocycles. The number of benzene rings is 1. The van der Waals surface area contributed by atoms with Gasteiger partial charge in [-0.25, -0.2) is 4.98 Å². The van der Waals surface area contributed by atoms with Gasteiger partial charge in [-0.3, -0.25) is 4.79 Å². The van der Waals surface area contributed by atoms with Gasteiger partial charge >= 0.3 is 0 Å². The molecule has 152 valence electrons. The van der Waals surface area contributed by atoms with E-state index in [1.165, 1.54) is 11.1 Å². The van der Waals surface area contributed by atoms with Gasteiger partial charge in [0, 0.05) is 55.9 Å². The minimum Gasteiger partial charge on any atom is -0.353 e. The molecule has 29 heavy (non-hydrogen) atoms.